The lowest BCUT2D eigenvalue weighted by Crippen LogP contribution is -2.39. The van der Waals surface area contributed by atoms with Crippen molar-refractivity contribution in [2.24, 2.45) is 5.92 Å². The molecule has 0 aromatic heterocycles. The number of nitrogens with zero attached hydrogens (tertiary/aromatic N) is 2. The standard InChI is InChI=1S/C16H21N3O3/c1-11-4-6-13(7-5-11)19-10-12(8-14(19)20)16(22)17-9-15(21)18(2)3/h4-7,12H,8-10H2,1-3H3,(H,17,22)/t12-/m1/s1. The smallest absolute Gasteiger partial charge is 0.241 e. The summed E-state index contributed by atoms with van der Waals surface area (Å²) in [4.78, 5) is 38.7. The van der Waals surface area contributed by atoms with E-state index >= 15 is 0 Å². The minimum atomic E-state index is -0.413. The van der Waals surface area contributed by atoms with Gasteiger partial charge in [-0.15, -0.1) is 0 Å². The first kappa shape index (κ1) is 16.0. The Bertz CT molecular complexity index is 581. The zero-order valence-electron chi connectivity index (χ0n) is 13.1. The van der Waals surface area contributed by atoms with Crippen LogP contribution in [0, 0.1) is 12.8 Å². The number of hydrogen-bond acceptors (Lipinski definition) is 3. The summed E-state index contributed by atoms with van der Waals surface area (Å²) in [5.41, 5.74) is 1.92. The first-order valence-electron chi connectivity index (χ1n) is 7.23. The molecule has 0 saturated carbocycles. The number of rotatable bonds is 4. The van der Waals surface area contributed by atoms with E-state index in [1.807, 2.05) is 31.2 Å². The summed E-state index contributed by atoms with van der Waals surface area (Å²) < 4.78 is 0. The van der Waals surface area contributed by atoms with Crippen LogP contribution >= 0.6 is 0 Å². The van der Waals surface area contributed by atoms with Crippen LogP contribution in [0.5, 0.6) is 0 Å². The molecule has 1 saturated heterocycles. The highest BCUT2D eigenvalue weighted by Crippen LogP contribution is 2.25. The predicted molar refractivity (Wildman–Crippen MR) is 83.3 cm³/mol. The van der Waals surface area contributed by atoms with Crippen LogP contribution in [0.25, 0.3) is 0 Å². The van der Waals surface area contributed by atoms with Crippen molar-refractivity contribution in [3.63, 3.8) is 0 Å². The first-order valence-corrected chi connectivity index (χ1v) is 7.23. The van der Waals surface area contributed by atoms with Gasteiger partial charge < -0.3 is 15.1 Å². The van der Waals surface area contributed by atoms with Gasteiger partial charge in [0.2, 0.25) is 17.7 Å². The summed E-state index contributed by atoms with van der Waals surface area (Å²) in [7, 11) is 3.26. The van der Waals surface area contributed by atoms with E-state index in [1.165, 1.54) is 4.90 Å². The van der Waals surface area contributed by atoms with Gasteiger partial charge in [-0.05, 0) is 19.1 Å². The second-order valence-corrected chi connectivity index (χ2v) is 5.75. The number of aryl methyl sites for hydroxylation is 1. The molecular weight excluding hydrogens is 282 g/mol. The topological polar surface area (TPSA) is 69.7 Å². The summed E-state index contributed by atoms with van der Waals surface area (Å²) in [6.45, 7) is 2.29. The van der Waals surface area contributed by atoms with E-state index < -0.39 is 5.92 Å². The maximum absolute atomic E-state index is 12.1. The molecule has 0 aliphatic carbocycles. The van der Waals surface area contributed by atoms with Crippen LogP contribution in [0.15, 0.2) is 24.3 Å². The Morgan fingerprint density at radius 1 is 1.27 bits per heavy atom. The average Bonchev–Trinajstić information content (AvgIpc) is 2.87. The van der Waals surface area contributed by atoms with Crippen molar-refractivity contribution in [2.75, 3.05) is 32.1 Å². The zero-order valence-corrected chi connectivity index (χ0v) is 13.1. The van der Waals surface area contributed by atoms with Crippen molar-refractivity contribution in [1.82, 2.24) is 10.2 Å². The summed E-state index contributed by atoms with van der Waals surface area (Å²) in [5, 5.41) is 2.60. The molecule has 3 amide bonds. The van der Waals surface area contributed by atoms with Crippen LogP contribution in [0.3, 0.4) is 0 Å². The van der Waals surface area contributed by atoms with Gasteiger partial charge in [0.1, 0.15) is 0 Å². The minimum absolute atomic E-state index is 0.0406. The number of carbonyl (C=O) groups is 3. The van der Waals surface area contributed by atoms with Crippen molar-refractivity contribution in [2.45, 2.75) is 13.3 Å². The Kier molecular flexibility index (Phi) is 4.80. The lowest BCUT2D eigenvalue weighted by molar-refractivity contribution is -0.132. The molecule has 1 aliphatic heterocycles. The predicted octanol–water partition coefficient (Wildman–Crippen LogP) is 0.552. The van der Waals surface area contributed by atoms with Crippen molar-refractivity contribution >= 4 is 23.4 Å². The van der Waals surface area contributed by atoms with E-state index in [1.54, 1.807) is 19.0 Å². The Morgan fingerprint density at radius 3 is 2.50 bits per heavy atom. The van der Waals surface area contributed by atoms with Crippen LogP contribution < -0.4 is 10.2 Å². The SMILES string of the molecule is Cc1ccc(N2C[C@H](C(=O)NCC(=O)N(C)C)CC2=O)cc1. The van der Waals surface area contributed by atoms with E-state index in [0.29, 0.717) is 6.54 Å². The van der Waals surface area contributed by atoms with Crippen molar-refractivity contribution in [1.29, 1.82) is 0 Å². The molecule has 118 valence electrons. The van der Waals surface area contributed by atoms with Gasteiger partial charge in [0.05, 0.1) is 12.5 Å². The summed E-state index contributed by atoms with van der Waals surface area (Å²) >= 11 is 0. The molecule has 0 bridgehead atoms. The van der Waals surface area contributed by atoms with Crippen molar-refractivity contribution < 1.29 is 14.4 Å². The van der Waals surface area contributed by atoms with E-state index in [9.17, 15) is 14.4 Å². The molecule has 1 heterocycles. The number of anilines is 1. The van der Waals surface area contributed by atoms with Crippen LogP contribution in [0.2, 0.25) is 0 Å². The molecule has 1 atom stereocenters. The van der Waals surface area contributed by atoms with Crippen LogP contribution in [-0.2, 0) is 14.4 Å². The Hall–Kier alpha value is -2.37. The summed E-state index contributed by atoms with van der Waals surface area (Å²) in [6, 6.07) is 7.63. The fourth-order valence-electron chi connectivity index (χ4n) is 2.32. The van der Waals surface area contributed by atoms with Crippen LogP contribution in [0.1, 0.15) is 12.0 Å². The van der Waals surface area contributed by atoms with Gasteiger partial charge in [-0.2, -0.15) is 0 Å². The Balaban J connectivity index is 1.95. The molecular formula is C16H21N3O3. The Morgan fingerprint density at radius 2 is 1.91 bits per heavy atom. The fraction of sp³-hybridized carbons (Fsp3) is 0.438. The minimum Gasteiger partial charge on any atom is -0.347 e. The van der Waals surface area contributed by atoms with E-state index in [2.05, 4.69) is 5.32 Å². The van der Waals surface area contributed by atoms with Crippen molar-refractivity contribution in [3.8, 4) is 0 Å². The summed E-state index contributed by atoms with van der Waals surface area (Å²) in [5.74, 6) is -0.905. The molecule has 22 heavy (non-hydrogen) atoms. The first-order chi connectivity index (χ1) is 10.4. The molecule has 1 aromatic rings. The largest absolute Gasteiger partial charge is 0.347 e. The number of likely N-dealkylation sites (N-methyl/N-ethyl adjacent to an activating group) is 1. The van der Waals surface area contributed by atoms with Gasteiger partial charge in [-0.1, -0.05) is 17.7 Å². The zero-order chi connectivity index (χ0) is 16.3. The third-order valence-electron chi connectivity index (χ3n) is 3.75. The number of nitrogens with one attached hydrogen (secondary N) is 1. The lowest BCUT2D eigenvalue weighted by atomic mass is 10.1. The molecule has 1 aromatic carbocycles. The number of benzene rings is 1. The van der Waals surface area contributed by atoms with Gasteiger partial charge in [0, 0.05) is 32.7 Å². The van der Waals surface area contributed by atoms with Crippen molar-refractivity contribution in [3.05, 3.63) is 29.8 Å². The van der Waals surface area contributed by atoms with E-state index in [4.69, 9.17) is 0 Å². The monoisotopic (exact) mass is 303 g/mol. The number of hydrogen-bond donors (Lipinski definition) is 1. The molecule has 0 radical (unpaired) electrons. The second-order valence-electron chi connectivity index (χ2n) is 5.75. The van der Waals surface area contributed by atoms with E-state index in [-0.39, 0.29) is 30.7 Å². The molecule has 0 unspecified atom stereocenters. The quantitative estimate of drug-likeness (QED) is 0.883. The number of carbonyl (C=O) groups excluding carboxylic acids is 3. The molecule has 1 fully saturated rings. The normalized spacial score (nSPS) is 17.5. The van der Waals surface area contributed by atoms with Gasteiger partial charge in [-0.3, -0.25) is 14.4 Å². The second kappa shape index (κ2) is 6.60. The molecule has 6 heteroatoms. The summed E-state index contributed by atoms with van der Waals surface area (Å²) in [6.07, 6.45) is 0.176. The highest BCUT2D eigenvalue weighted by atomic mass is 16.2. The third kappa shape index (κ3) is 3.63. The highest BCUT2D eigenvalue weighted by molar-refractivity contribution is 6.00. The molecule has 1 aliphatic rings. The van der Waals surface area contributed by atoms with Gasteiger partial charge in [0.15, 0.2) is 0 Å². The van der Waals surface area contributed by atoms with Gasteiger partial charge in [-0.25, -0.2) is 0 Å². The molecule has 6 nitrogen and oxygen atoms in total. The third-order valence-corrected chi connectivity index (χ3v) is 3.75. The van der Waals surface area contributed by atoms with Crippen LogP contribution in [0.4, 0.5) is 5.69 Å². The molecule has 2 rings (SSSR count). The van der Waals surface area contributed by atoms with Gasteiger partial charge >= 0.3 is 0 Å². The molecule has 0 spiro atoms. The number of amides is 3. The lowest BCUT2D eigenvalue weighted by Gasteiger charge is -2.17. The van der Waals surface area contributed by atoms with Crippen LogP contribution in [-0.4, -0.2) is 49.8 Å². The maximum Gasteiger partial charge on any atom is 0.241 e. The van der Waals surface area contributed by atoms with E-state index in [0.717, 1.165) is 11.3 Å². The molecule has 1 N–H and O–H groups in total. The highest BCUT2D eigenvalue weighted by Gasteiger charge is 2.35. The van der Waals surface area contributed by atoms with Gasteiger partial charge in [0.25, 0.3) is 0 Å². The Labute approximate surface area is 130 Å². The maximum atomic E-state index is 12.1. The fourth-order valence-corrected chi connectivity index (χ4v) is 2.32. The average molecular weight is 303 g/mol.